The van der Waals surface area contributed by atoms with E-state index in [1.165, 1.54) is 5.56 Å². The number of carbonyl (C=O) groups excluding carboxylic acids is 1. The van der Waals surface area contributed by atoms with Gasteiger partial charge in [0, 0.05) is 10.9 Å². The fraction of sp³-hybridized carbons (Fsp3) is 0.160. The van der Waals surface area contributed by atoms with Crippen LogP contribution in [0.5, 0.6) is 0 Å². The highest BCUT2D eigenvalue weighted by atomic mass is 35.5. The number of ketones is 1. The number of benzene rings is 3. The molecule has 27 heavy (non-hydrogen) atoms. The Hall–Kier alpha value is -2.64. The van der Waals surface area contributed by atoms with Crippen LogP contribution in [0.2, 0.25) is 5.02 Å². The fourth-order valence-electron chi connectivity index (χ4n) is 3.92. The lowest BCUT2D eigenvalue weighted by atomic mass is 9.71. The third-order valence-corrected chi connectivity index (χ3v) is 5.60. The van der Waals surface area contributed by atoms with Crippen molar-refractivity contribution in [2.45, 2.75) is 25.2 Å². The lowest BCUT2D eigenvalue weighted by molar-refractivity contribution is -0.116. The highest BCUT2D eigenvalue weighted by Crippen LogP contribution is 2.44. The molecule has 1 aliphatic carbocycles. The SMILES string of the molecule is Cc1ccc(C2=CC(=O)C(c3ccccc3)C(c3ccc(Cl)cc3)C2)cc1. The Bertz CT molecular complexity index is 969. The van der Waals surface area contributed by atoms with Crippen molar-refractivity contribution in [1.29, 1.82) is 0 Å². The second-order valence-corrected chi connectivity index (χ2v) is 7.62. The largest absolute Gasteiger partial charge is 0.294 e. The summed E-state index contributed by atoms with van der Waals surface area (Å²) < 4.78 is 0. The van der Waals surface area contributed by atoms with Crippen molar-refractivity contribution in [3.05, 3.63) is 112 Å². The maximum absolute atomic E-state index is 13.2. The van der Waals surface area contributed by atoms with Gasteiger partial charge in [0.05, 0.1) is 5.92 Å². The van der Waals surface area contributed by atoms with E-state index in [4.69, 9.17) is 11.6 Å². The van der Waals surface area contributed by atoms with Gasteiger partial charge in [-0.3, -0.25) is 4.79 Å². The third kappa shape index (κ3) is 3.74. The van der Waals surface area contributed by atoms with E-state index in [0.29, 0.717) is 5.02 Å². The van der Waals surface area contributed by atoms with E-state index in [-0.39, 0.29) is 17.6 Å². The molecule has 1 aliphatic rings. The molecule has 0 saturated heterocycles. The molecule has 0 amide bonds. The number of carbonyl (C=O) groups is 1. The fourth-order valence-corrected chi connectivity index (χ4v) is 4.05. The van der Waals surface area contributed by atoms with Crippen LogP contribution in [0.4, 0.5) is 0 Å². The Labute approximate surface area is 165 Å². The summed E-state index contributed by atoms with van der Waals surface area (Å²) in [7, 11) is 0. The number of hydrogen-bond donors (Lipinski definition) is 0. The van der Waals surface area contributed by atoms with Crippen LogP contribution in [0.25, 0.3) is 5.57 Å². The highest BCUT2D eigenvalue weighted by molar-refractivity contribution is 6.30. The van der Waals surface area contributed by atoms with Crippen molar-refractivity contribution in [1.82, 2.24) is 0 Å². The normalized spacial score (nSPS) is 19.6. The topological polar surface area (TPSA) is 17.1 Å². The minimum atomic E-state index is -0.165. The summed E-state index contributed by atoms with van der Waals surface area (Å²) in [6.07, 6.45) is 2.67. The van der Waals surface area contributed by atoms with Gasteiger partial charge in [0.15, 0.2) is 5.78 Å². The van der Waals surface area contributed by atoms with Crippen LogP contribution < -0.4 is 0 Å². The molecular weight excluding hydrogens is 352 g/mol. The number of halogens is 1. The van der Waals surface area contributed by atoms with Crippen LogP contribution in [-0.2, 0) is 4.79 Å². The summed E-state index contributed by atoms with van der Waals surface area (Å²) in [6.45, 7) is 2.08. The molecule has 0 heterocycles. The highest BCUT2D eigenvalue weighted by Gasteiger charge is 2.34. The minimum absolute atomic E-state index is 0.0958. The van der Waals surface area contributed by atoms with Gasteiger partial charge in [-0.25, -0.2) is 0 Å². The molecule has 0 aliphatic heterocycles. The standard InChI is InChI=1S/C25H21ClO/c1-17-7-9-18(10-8-17)21-15-23(19-11-13-22(26)14-12-19)25(24(27)16-21)20-5-3-2-4-6-20/h2-14,16,23,25H,15H2,1H3. The lowest BCUT2D eigenvalue weighted by Crippen LogP contribution is -2.24. The first-order valence-corrected chi connectivity index (χ1v) is 9.61. The molecule has 4 rings (SSSR count). The number of hydrogen-bond acceptors (Lipinski definition) is 1. The minimum Gasteiger partial charge on any atom is -0.294 e. The third-order valence-electron chi connectivity index (χ3n) is 5.34. The Balaban J connectivity index is 1.78. The van der Waals surface area contributed by atoms with E-state index in [9.17, 15) is 4.79 Å². The number of rotatable bonds is 3. The zero-order chi connectivity index (χ0) is 18.8. The van der Waals surface area contributed by atoms with Crippen molar-refractivity contribution in [2.24, 2.45) is 0 Å². The average Bonchev–Trinajstić information content (AvgIpc) is 2.69. The first-order valence-electron chi connectivity index (χ1n) is 9.24. The molecule has 0 saturated carbocycles. The van der Waals surface area contributed by atoms with Crippen LogP contribution in [0.15, 0.2) is 84.9 Å². The molecule has 3 aromatic carbocycles. The summed E-state index contributed by atoms with van der Waals surface area (Å²) in [5.74, 6) is 0.100. The summed E-state index contributed by atoms with van der Waals surface area (Å²) in [6, 6.07) is 26.4. The molecule has 0 bridgehead atoms. The Morgan fingerprint density at radius 3 is 2.15 bits per heavy atom. The second kappa shape index (κ2) is 7.54. The molecule has 134 valence electrons. The maximum Gasteiger partial charge on any atom is 0.164 e. The van der Waals surface area contributed by atoms with Gasteiger partial charge in [-0.1, -0.05) is 83.9 Å². The van der Waals surface area contributed by atoms with Crippen LogP contribution in [-0.4, -0.2) is 5.78 Å². The molecule has 0 aromatic heterocycles. The van der Waals surface area contributed by atoms with Gasteiger partial charge in [-0.05, 0) is 53.8 Å². The number of allylic oxidation sites excluding steroid dienone is 2. The predicted molar refractivity (Wildman–Crippen MR) is 112 cm³/mol. The lowest BCUT2D eigenvalue weighted by Gasteiger charge is -2.31. The first-order chi connectivity index (χ1) is 13.1. The Morgan fingerprint density at radius 2 is 1.48 bits per heavy atom. The van der Waals surface area contributed by atoms with Gasteiger partial charge >= 0.3 is 0 Å². The summed E-state index contributed by atoms with van der Waals surface area (Å²) >= 11 is 6.09. The molecule has 3 aromatic rings. The van der Waals surface area contributed by atoms with Crippen molar-refractivity contribution in [3.8, 4) is 0 Å². The summed E-state index contributed by atoms with van der Waals surface area (Å²) in [4.78, 5) is 13.2. The van der Waals surface area contributed by atoms with E-state index in [0.717, 1.165) is 28.7 Å². The van der Waals surface area contributed by atoms with Gasteiger partial charge in [-0.15, -0.1) is 0 Å². The van der Waals surface area contributed by atoms with Gasteiger partial charge in [0.1, 0.15) is 0 Å². The van der Waals surface area contributed by atoms with Gasteiger partial charge in [0.25, 0.3) is 0 Å². The van der Waals surface area contributed by atoms with Crippen LogP contribution in [0.3, 0.4) is 0 Å². The number of aryl methyl sites for hydroxylation is 1. The molecule has 1 nitrogen and oxygen atoms in total. The van der Waals surface area contributed by atoms with Gasteiger partial charge < -0.3 is 0 Å². The van der Waals surface area contributed by atoms with Crippen molar-refractivity contribution < 1.29 is 4.79 Å². The molecule has 0 radical (unpaired) electrons. The van der Waals surface area contributed by atoms with Crippen molar-refractivity contribution in [2.75, 3.05) is 0 Å². The zero-order valence-electron chi connectivity index (χ0n) is 15.2. The average molecular weight is 373 g/mol. The van der Waals surface area contributed by atoms with E-state index < -0.39 is 0 Å². The predicted octanol–water partition coefficient (Wildman–Crippen LogP) is 6.57. The molecule has 0 spiro atoms. The molecule has 2 heteroatoms. The van der Waals surface area contributed by atoms with Crippen molar-refractivity contribution in [3.63, 3.8) is 0 Å². The quantitative estimate of drug-likeness (QED) is 0.508. The molecule has 0 fully saturated rings. The molecule has 2 atom stereocenters. The van der Waals surface area contributed by atoms with Gasteiger partial charge in [-0.2, -0.15) is 0 Å². The van der Waals surface area contributed by atoms with Crippen molar-refractivity contribution >= 4 is 23.0 Å². The van der Waals surface area contributed by atoms with Crippen LogP contribution >= 0.6 is 11.6 Å². The Kier molecular flexibility index (Phi) is 4.96. The summed E-state index contributed by atoms with van der Waals surface area (Å²) in [5.41, 5.74) is 5.67. The van der Waals surface area contributed by atoms with E-state index in [1.807, 2.05) is 48.5 Å². The maximum atomic E-state index is 13.2. The zero-order valence-corrected chi connectivity index (χ0v) is 16.0. The van der Waals surface area contributed by atoms with Crippen LogP contribution in [0, 0.1) is 6.92 Å². The van der Waals surface area contributed by atoms with E-state index in [1.54, 1.807) is 0 Å². The van der Waals surface area contributed by atoms with E-state index >= 15 is 0 Å². The monoisotopic (exact) mass is 372 g/mol. The molecule has 2 unspecified atom stereocenters. The smallest absolute Gasteiger partial charge is 0.164 e. The van der Waals surface area contributed by atoms with Gasteiger partial charge in [0.2, 0.25) is 0 Å². The molecule has 0 N–H and O–H groups in total. The second-order valence-electron chi connectivity index (χ2n) is 7.19. The summed E-state index contributed by atoms with van der Waals surface area (Å²) in [5, 5.41) is 0.714. The molecular formula is C25H21ClO. The van der Waals surface area contributed by atoms with E-state index in [2.05, 4.69) is 43.3 Å². The van der Waals surface area contributed by atoms with Crippen LogP contribution in [0.1, 0.15) is 40.5 Å². The first kappa shape index (κ1) is 17.8. The Morgan fingerprint density at radius 1 is 0.815 bits per heavy atom.